The van der Waals surface area contributed by atoms with Gasteiger partial charge in [0.25, 0.3) is 0 Å². The molecule has 0 heterocycles. The van der Waals surface area contributed by atoms with Gasteiger partial charge in [0.05, 0.1) is 13.2 Å². The summed E-state index contributed by atoms with van der Waals surface area (Å²) in [6, 6.07) is 6.24. The van der Waals surface area contributed by atoms with Gasteiger partial charge in [-0.1, -0.05) is 26.0 Å². The van der Waals surface area contributed by atoms with Crippen LogP contribution >= 0.6 is 0 Å². The molecule has 0 unspecified atom stereocenters. The first-order valence-corrected chi connectivity index (χ1v) is 7.96. The smallest absolute Gasteiger partial charge is 0.176 e. The minimum atomic E-state index is 0.224. The molecule has 0 saturated heterocycles. The van der Waals surface area contributed by atoms with Crippen LogP contribution < -0.4 is 0 Å². The minimum Gasteiger partial charge on any atom is -0.383 e. The van der Waals surface area contributed by atoms with Crippen LogP contribution in [0, 0.1) is 5.92 Å². The zero-order valence-corrected chi connectivity index (χ0v) is 13.5. The van der Waals surface area contributed by atoms with Crippen LogP contribution in [0.25, 0.3) is 0 Å². The van der Waals surface area contributed by atoms with Gasteiger partial charge in [-0.3, -0.25) is 9.69 Å². The number of hydrogen-bond acceptors (Lipinski definition) is 3. The van der Waals surface area contributed by atoms with E-state index in [1.165, 1.54) is 17.5 Å². The predicted molar refractivity (Wildman–Crippen MR) is 86.0 cm³/mol. The molecule has 0 aromatic heterocycles. The van der Waals surface area contributed by atoms with E-state index in [1.54, 1.807) is 7.11 Å². The van der Waals surface area contributed by atoms with Gasteiger partial charge in [-0.2, -0.15) is 0 Å². The van der Waals surface area contributed by atoms with E-state index in [0.717, 1.165) is 31.5 Å². The molecule has 21 heavy (non-hydrogen) atoms. The number of carbonyl (C=O) groups excluding carboxylic acids is 1. The lowest BCUT2D eigenvalue weighted by molar-refractivity contribution is 0.0881. The zero-order valence-electron chi connectivity index (χ0n) is 13.5. The minimum absolute atomic E-state index is 0.224. The third-order valence-corrected chi connectivity index (χ3v) is 4.02. The number of benzene rings is 1. The molecule has 1 aliphatic rings. The standard InChI is InChI=1S/C18H27NO2/c1-14(2)12-19(9-10-21-3)13-18(20)17-8-7-15-5-4-6-16(15)11-17/h7-8,11,14H,4-6,9-10,12-13H2,1-3H3. The van der Waals surface area contributed by atoms with Crippen LogP contribution in [0.15, 0.2) is 18.2 Å². The molecule has 0 N–H and O–H groups in total. The first-order chi connectivity index (χ1) is 10.1. The van der Waals surface area contributed by atoms with Gasteiger partial charge in [0.15, 0.2) is 5.78 Å². The van der Waals surface area contributed by atoms with E-state index < -0.39 is 0 Å². The first-order valence-electron chi connectivity index (χ1n) is 7.96. The lowest BCUT2D eigenvalue weighted by Crippen LogP contribution is -2.35. The Hall–Kier alpha value is -1.19. The molecular formula is C18H27NO2. The maximum Gasteiger partial charge on any atom is 0.176 e. The summed E-state index contributed by atoms with van der Waals surface area (Å²) in [5, 5.41) is 0. The normalized spacial score (nSPS) is 14.0. The Morgan fingerprint density at radius 2 is 2.05 bits per heavy atom. The Morgan fingerprint density at radius 1 is 1.29 bits per heavy atom. The summed E-state index contributed by atoms with van der Waals surface area (Å²) in [6.45, 7) is 7.26. The summed E-state index contributed by atoms with van der Waals surface area (Å²) in [7, 11) is 1.70. The second-order valence-electron chi connectivity index (χ2n) is 6.38. The monoisotopic (exact) mass is 289 g/mol. The Bertz CT molecular complexity index is 482. The van der Waals surface area contributed by atoms with Crippen LogP contribution in [0.1, 0.15) is 41.8 Å². The van der Waals surface area contributed by atoms with Gasteiger partial charge in [0, 0.05) is 25.8 Å². The van der Waals surface area contributed by atoms with Crippen LogP contribution in [-0.4, -0.2) is 44.0 Å². The van der Waals surface area contributed by atoms with Crippen molar-refractivity contribution in [3.05, 3.63) is 34.9 Å². The van der Waals surface area contributed by atoms with E-state index in [9.17, 15) is 4.79 Å². The highest BCUT2D eigenvalue weighted by molar-refractivity contribution is 5.97. The number of hydrogen-bond donors (Lipinski definition) is 0. The molecule has 3 heteroatoms. The Morgan fingerprint density at radius 3 is 2.76 bits per heavy atom. The third-order valence-electron chi connectivity index (χ3n) is 4.02. The summed E-state index contributed by atoms with van der Waals surface area (Å²) in [5.41, 5.74) is 3.65. The second-order valence-corrected chi connectivity index (χ2v) is 6.38. The van der Waals surface area contributed by atoms with Crippen molar-refractivity contribution < 1.29 is 9.53 Å². The summed E-state index contributed by atoms with van der Waals surface area (Å²) in [4.78, 5) is 14.7. The van der Waals surface area contributed by atoms with E-state index in [0.29, 0.717) is 19.1 Å². The van der Waals surface area contributed by atoms with Crippen LogP contribution in [0.5, 0.6) is 0 Å². The molecule has 0 fully saturated rings. The highest BCUT2D eigenvalue weighted by atomic mass is 16.5. The number of rotatable bonds is 8. The third kappa shape index (κ3) is 4.65. The number of ether oxygens (including phenoxy) is 1. The molecule has 1 aromatic carbocycles. The van der Waals surface area contributed by atoms with Crippen molar-refractivity contribution in [3.8, 4) is 0 Å². The molecule has 0 aliphatic heterocycles. The Balaban J connectivity index is 2.00. The van der Waals surface area contributed by atoms with Crippen molar-refractivity contribution in [3.63, 3.8) is 0 Å². The van der Waals surface area contributed by atoms with Gasteiger partial charge in [0.2, 0.25) is 0 Å². The molecule has 116 valence electrons. The van der Waals surface area contributed by atoms with Crippen LogP contribution in [0.2, 0.25) is 0 Å². The van der Waals surface area contributed by atoms with Crippen molar-refractivity contribution in [2.75, 3.05) is 33.4 Å². The molecule has 0 atom stereocenters. The Labute approximate surface area is 128 Å². The number of ketones is 1. The van der Waals surface area contributed by atoms with Gasteiger partial charge in [-0.15, -0.1) is 0 Å². The van der Waals surface area contributed by atoms with Crippen LogP contribution in [0.4, 0.5) is 0 Å². The predicted octanol–water partition coefficient (Wildman–Crippen LogP) is 2.96. The van der Waals surface area contributed by atoms with Crippen molar-refractivity contribution >= 4 is 5.78 Å². The largest absolute Gasteiger partial charge is 0.383 e. The second kappa shape index (κ2) is 7.71. The van der Waals surface area contributed by atoms with Crippen LogP contribution in [0.3, 0.4) is 0 Å². The first kappa shape index (κ1) is 16.2. The number of Topliss-reactive ketones (excluding diaryl/α,β-unsaturated/α-hetero) is 1. The molecular weight excluding hydrogens is 262 g/mol. The Kier molecular flexibility index (Phi) is 5.95. The van der Waals surface area contributed by atoms with Crippen LogP contribution in [-0.2, 0) is 17.6 Å². The van der Waals surface area contributed by atoms with Gasteiger partial charge in [-0.05, 0) is 42.4 Å². The number of carbonyl (C=O) groups is 1. The fourth-order valence-electron chi connectivity index (χ4n) is 3.01. The maximum absolute atomic E-state index is 12.5. The van der Waals surface area contributed by atoms with Crippen molar-refractivity contribution in [2.24, 2.45) is 5.92 Å². The molecule has 0 radical (unpaired) electrons. The number of aryl methyl sites for hydroxylation is 2. The average Bonchev–Trinajstić information content (AvgIpc) is 2.91. The fourth-order valence-corrected chi connectivity index (χ4v) is 3.01. The van der Waals surface area contributed by atoms with Gasteiger partial charge in [-0.25, -0.2) is 0 Å². The van der Waals surface area contributed by atoms with E-state index in [-0.39, 0.29) is 5.78 Å². The SMILES string of the molecule is COCCN(CC(=O)c1ccc2c(c1)CCC2)CC(C)C. The average molecular weight is 289 g/mol. The van der Waals surface area contributed by atoms with Gasteiger partial charge < -0.3 is 4.74 Å². The fraction of sp³-hybridized carbons (Fsp3) is 0.611. The molecule has 3 nitrogen and oxygen atoms in total. The highest BCUT2D eigenvalue weighted by Gasteiger charge is 2.17. The van der Waals surface area contributed by atoms with Crippen molar-refractivity contribution in [1.29, 1.82) is 0 Å². The number of methoxy groups -OCH3 is 1. The van der Waals surface area contributed by atoms with Gasteiger partial charge in [0.1, 0.15) is 0 Å². The van der Waals surface area contributed by atoms with Crippen molar-refractivity contribution in [2.45, 2.75) is 33.1 Å². The quantitative estimate of drug-likeness (QED) is 0.689. The van der Waals surface area contributed by atoms with E-state index in [2.05, 4.69) is 30.9 Å². The lowest BCUT2D eigenvalue weighted by Gasteiger charge is -2.23. The number of fused-ring (bicyclic) bond motifs is 1. The molecule has 0 saturated carbocycles. The molecule has 2 rings (SSSR count). The molecule has 1 aliphatic carbocycles. The molecule has 1 aromatic rings. The topological polar surface area (TPSA) is 29.5 Å². The summed E-state index contributed by atoms with van der Waals surface area (Å²) >= 11 is 0. The van der Waals surface area contributed by atoms with E-state index >= 15 is 0 Å². The lowest BCUT2D eigenvalue weighted by atomic mass is 10.0. The molecule has 0 spiro atoms. The summed E-state index contributed by atoms with van der Waals surface area (Å²) < 4.78 is 5.15. The van der Waals surface area contributed by atoms with E-state index in [4.69, 9.17) is 4.74 Å². The maximum atomic E-state index is 12.5. The molecule has 0 bridgehead atoms. The highest BCUT2D eigenvalue weighted by Crippen LogP contribution is 2.23. The number of nitrogens with zero attached hydrogens (tertiary/aromatic N) is 1. The van der Waals surface area contributed by atoms with E-state index in [1.807, 2.05) is 6.07 Å². The zero-order chi connectivity index (χ0) is 15.2. The van der Waals surface area contributed by atoms with Crippen molar-refractivity contribution in [1.82, 2.24) is 4.90 Å². The molecule has 0 amide bonds. The summed E-state index contributed by atoms with van der Waals surface area (Å²) in [6.07, 6.45) is 3.51. The van der Waals surface area contributed by atoms with Gasteiger partial charge >= 0.3 is 0 Å². The summed E-state index contributed by atoms with van der Waals surface area (Å²) in [5.74, 6) is 0.774.